The molecule has 118 valence electrons. The van der Waals surface area contributed by atoms with Crippen molar-refractivity contribution in [1.82, 2.24) is 14.8 Å². The lowest BCUT2D eigenvalue weighted by atomic mass is 10.3. The number of aromatic amines is 1. The second kappa shape index (κ2) is 6.74. The van der Waals surface area contributed by atoms with Gasteiger partial charge in [-0.25, -0.2) is 0 Å². The number of ether oxygens (including phenoxy) is 1. The monoisotopic (exact) mass is 365 g/mol. The summed E-state index contributed by atoms with van der Waals surface area (Å²) in [4.78, 5) is 0. The van der Waals surface area contributed by atoms with Gasteiger partial charge in [-0.2, -0.15) is 5.10 Å². The van der Waals surface area contributed by atoms with Crippen molar-refractivity contribution in [2.24, 2.45) is 0 Å². The van der Waals surface area contributed by atoms with Gasteiger partial charge in [0.2, 0.25) is 0 Å². The van der Waals surface area contributed by atoms with E-state index >= 15 is 0 Å². The number of aromatic nitrogens is 3. The molecule has 0 fully saturated rings. The minimum absolute atomic E-state index is 0.359. The van der Waals surface area contributed by atoms with Gasteiger partial charge < -0.3 is 4.74 Å². The highest BCUT2D eigenvalue weighted by Crippen LogP contribution is 2.31. The van der Waals surface area contributed by atoms with Gasteiger partial charge in [0.25, 0.3) is 0 Å². The highest BCUT2D eigenvalue weighted by atomic mass is 35.5. The Morgan fingerprint density at radius 3 is 2.61 bits per heavy atom. The summed E-state index contributed by atoms with van der Waals surface area (Å²) in [5.74, 6) is 1.20. The number of rotatable bonds is 4. The van der Waals surface area contributed by atoms with Crippen LogP contribution < -0.4 is 4.74 Å². The summed E-state index contributed by atoms with van der Waals surface area (Å²) in [6.45, 7) is 1.88. The van der Waals surface area contributed by atoms with Crippen molar-refractivity contribution in [1.29, 1.82) is 0 Å². The standard InChI is InChI=1S/C16H13Cl2N3OS/c1-10(22-14-8-7-11(17)9-13(14)18)15-19-20-16(23)21(15)12-5-3-2-4-6-12/h2-10H,1H3,(H,20,23). The number of hydrogen-bond acceptors (Lipinski definition) is 3. The number of para-hydroxylation sites is 1. The van der Waals surface area contributed by atoms with Gasteiger partial charge in [0.15, 0.2) is 16.7 Å². The van der Waals surface area contributed by atoms with Gasteiger partial charge in [0, 0.05) is 10.7 Å². The first-order valence-corrected chi connectivity index (χ1v) is 8.07. The maximum Gasteiger partial charge on any atom is 0.199 e. The number of nitrogens with zero attached hydrogens (tertiary/aromatic N) is 2. The molecule has 0 saturated heterocycles. The zero-order valence-corrected chi connectivity index (χ0v) is 14.5. The van der Waals surface area contributed by atoms with E-state index in [-0.39, 0.29) is 6.10 Å². The van der Waals surface area contributed by atoms with E-state index in [1.165, 1.54) is 0 Å². The molecule has 3 rings (SSSR count). The molecule has 7 heteroatoms. The molecule has 1 unspecified atom stereocenters. The van der Waals surface area contributed by atoms with Crippen LogP contribution in [-0.2, 0) is 0 Å². The van der Waals surface area contributed by atoms with Gasteiger partial charge >= 0.3 is 0 Å². The molecule has 2 aromatic carbocycles. The number of H-pyrrole nitrogens is 1. The van der Waals surface area contributed by atoms with Crippen molar-refractivity contribution < 1.29 is 4.74 Å². The molecule has 1 atom stereocenters. The Hall–Kier alpha value is -1.82. The van der Waals surface area contributed by atoms with Crippen molar-refractivity contribution in [2.45, 2.75) is 13.0 Å². The number of benzene rings is 2. The molecule has 3 aromatic rings. The van der Waals surface area contributed by atoms with E-state index < -0.39 is 0 Å². The smallest absolute Gasteiger partial charge is 0.199 e. The minimum atomic E-state index is -0.359. The summed E-state index contributed by atoms with van der Waals surface area (Å²) in [7, 11) is 0. The third-order valence-electron chi connectivity index (χ3n) is 3.27. The molecular formula is C16H13Cl2N3OS. The molecule has 0 spiro atoms. The van der Waals surface area contributed by atoms with Crippen LogP contribution in [0.4, 0.5) is 0 Å². The third kappa shape index (κ3) is 3.42. The molecule has 23 heavy (non-hydrogen) atoms. The summed E-state index contributed by atoms with van der Waals surface area (Å²) in [5.41, 5.74) is 0.916. The maximum absolute atomic E-state index is 6.16. The Balaban J connectivity index is 1.95. The number of halogens is 2. The first-order valence-electron chi connectivity index (χ1n) is 6.90. The van der Waals surface area contributed by atoms with Crippen molar-refractivity contribution >= 4 is 35.4 Å². The average molecular weight is 366 g/mol. The van der Waals surface area contributed by atoms with Crippen molar-refractivity contribution in [3.05, 3.63) is 69.2 Å². The lowest BCUT2D eigenvalue weighted by Crippen LogP contribution is -2.11. The van der Waals surface area contributed by atoms with E-state index in [1.807, 2.05) is 41.8 Å². The zero-order valence-electron chi connectivity index (χ0n) is 12.2. The van der Waals surface area contributed by atoms with Crippen LogP contribution in [0.15, 0.2) is 48.5 Å². The quantitative estimate of drug-likeness (QED) is 0.631. The molecule has 4 nitrogen and oxygen atoms in total. The topological polar surface area (TPSA) is 42.8 Å². The van der Waals surface area contributed by atoms with Crippen LogP contribution >= 0.6 is 35.4 Å². The molecule has 1 heterocycles. The second-order valence-corrected chi connectivity index (χ2v) is 6.12. The Labute approximate surface area is 148 Å². The minimum Gasteiger partial charge on any atom is -0.481 e. The van der Waals surface area contributed by atoms with E-state index in [0.717, 1.165) is 5.69 Å². The number of nitrogens with one attached hydrogen (secondary N) is 1. The van der Waals surface area contributed by atoms with Gasteiger partial charge in [0.1, 0.15) is 5.75 Å². The van der Waals surface area contributed by atoms with Gasteiger partial charge in [-0.3, -0.25) is 9.67 Å². The third-order valence-corrected chi connectivity index (χ3v) is 4.08. The lowest BCUT2D eigenvalue weighted by molar-refractivity contribution is 0.214. The fourth-order valence-corrected chi connectivity index (χ4v) is 2.92. The van der Waals surface area contributed by atoms with Gasteiger partial charge in [-0.15, -0.1) is 0 Å². The SMILES string of the molecule is CC(Oc1ccc(Cl)cc1Cl)c1n[nH]c(=S)n1-c1ccccc1. The maximum atomic E-state index is 6.16. The molecule has 0 aliphatic heterocycles. The summed E-state index contributed by atoms with van der Waals surface area (Å²) in [6.07, 6.45) is -0.359. The first kappa shape index (κ1) is 16.1. The molecule has 0 aliphatic carbocycles. The molecule has 1 N–H and O–H groups in total. The van der Waals surface area contributed by atoms with Crippen LogP contribution in [0.2, 0.25) is 10.0 Å². The van der Waals surface area contributed by atoms with Crippen molar-refractivity contribution in [3.63, 3.8) is 0 Å². The Bertz CT molecular complexity index is 877. The Morgan fingerprint density at radius 2 is 1.91 bits per heavy atom. The second-order valence-electron chi connectivity index (χ2n) is 4.89. The summed E-state index contributed by atoms with van der Waals surface area (Å²) in [5, 5.41) is 8.10. The van der Waals surface area contributed by atoms with Crippen LogP contribution in [0.5, 0.6) is 5.75 Å². The molecular weight excluding hydrogens is 353 g/mol. The molecule has 0 amide bonds. The molecule has 0 bridgehead atoms. The lowest BCUT2D eigenvalue weighted by Gasteiger charge is -2.16. The zero-order chi connectivity index (χ0) is 16.4. The molecule has 0 saturated carbocycles. The highest BCUT2D eigenvalue weighted by molar-refractivity contribution is 7.71. The van der Waals surface area contributed by atoms with Crippen LogP contribution in [0.3, 0.4) is 0 Å². The normalized spacial score (nSPS) is 12.1. The van der Waals surface area contributed by atoms with Crippen LogP contribution in [0.25, 0.3) is 5.69 Å². The molecule has 0 radical (unpaired) electrons. The summed E-state index contributed by atoms with van der Waals surface area (Å²) >= 11 is 17.4. The fourth-order valence-electron chi connectivity index (χ4n) is 2.22. The molecule has 0 aliphatic rings. The highest BCUT2D eigenvalue weighted by Gasteiger charge is 2.18. The van der Waals surface area contributed by atoms with Crippen molar-refractivity contribution in [2.75, 3.05) is 0 Å². The number of hydrogen-bond donors (Lipinski definition) is 1. The Morgan fingerprint density at radius 1 is 1.17 bits per heavy atom. The average Bonchev–Trinajstić information content (AvgIpc) is 2.92. The van der Waals surface area contributed by atoms with Gasteiger partial charge in [-0.05, 0) is 49.5 Å². The van der Waals surface area contributed by atoms with Gasteiger partial charge in [-0.1, -0.05) is 41.4 Å². The fraction of sp³-hybridized carbons (Fsp3) is 0.125. The predicted octanol–water partition coefficient (Wildman–Crippen LogP) is 5.38. The van der Waals surface area contributed by atoms with E-state index in [1.54, 1.807) is 18.2 Å². The van der Waals surface area contributed by atoms with Crippen LogP contribution in [-0.4, -0.2) is 14.8 Å². The predicted molar refractivity (Wildman–Crippen MR) is 94.3 cm³/mol. The summed E-state index contributed by atoms with van der Waals surface area (Å²) < 4.78 is 8.26. The van der Waals surface area contributed by atoms with E-state index in [9.17, 15) is 0 Å². The van der Waals surface area contributed by atoms with Gasteiger partial charge in [0.05, 0.1) is 5.02 Å². The van der Waals surface area contributed by atoms with E-state index in [2.05, 4.69) is 10.2 Å². The van der Waals surface area contributed by atoms with E-state index in [4.69, 9.17) is 40.2 Å². The van der Waals surface area contributed by atoms with E-state index in [0.29, 0.717) is 26.4 Å². The largest absolute Gasteiger partial charge is 0.481 e. The van der Waals surface area contributed by atoms with Crippen molar-refractivity contribution in [3.8, 4) is 11.4 Å². The summed E-state index contributed by atoms with van der Waals surface area (Å²) in [6, 6.07) is 14.8. The Kier molecular flexibility index (Phi) is 4.71. The van der Waals surface area contributed by atoms with Crippen LogP contribution in [0, 0.1) is 4.77 Å². The first-order chi connectivity index (χ1) is 11.1. The molecule has 1 aromatic heterocycles. The van der Waals surface area contributed by atoms with Crippen LogP contribution in [0.1, 0.15) is 18.9 Å².